The topological polar surface area (TPSA) is 97.9 Å². The average Bonchev–Trinajstić information content (AvgIpc) is 2.97. The molecule has 1 aromatic heterocycles. The summed E-state index contributed by atoms with van der Waals surface area (Å²) in [6.07, 6.45) is 5.32. The lowest BCUT2D eigenvalue weighted by Gasteiger charge is -2.37. The largest absolute Gasteiger partial charge is 0.504 e. The van der Waals surface area contributed by atoms with Gasteiger partial charge in [-0.25, -0.2) is 0 Å². The zero-order chi connectivity index (χ0) is 19.8. The second kappa shape index (κ2) is 7.31. The number of fused-ring (bicyclic) bond motifs is 2. The fourth-order valence-corrected chi connectivity index (χ4v) is 4.48. The van der Waals surface area contributed by atoms with Crippen molar-refractivity contribution in [3.8, 4) is 28.4 Å². The maximum Gasteiger partial charge on any atom is 0.273 e. The lowest BCUT2D eigenvalue weighted by molar-refractivity contribution is 0.0568. The summed E-state index contributed by atoms with van der Waals surface area (Å²) < 4.78 is 10.6. The number of carbonyl (C=O) groups excluding carboxylic acids is 1. The Labute approximate surface area is 164 Å². The monoisotopic (exact) mass is 383 g/mol. The second-order valence-electron chi connectivity index (χ2n) is 7.49. The highest BCUT2D eigenvalue weighted by Gasteiger charge is 2.42. The van der Waals surface area contributed by atoms with Crippen molar-refractivity contribution in [2.45, 2.75) is 43.8 Å². The molecular weight excluding hydrogens is 358 g/mol. The van der Waals surface area contributed by atoms with Crippen LogP contribution in [-0.4, -0.2) is 53.2 Å². The molecule has 2 saturated heterocycles. The van der Waals surface area contributed by atoms with Crippen LogP contribution in [0.25, 0.3) is 11.1 Å². The molecule has 3 heterocycles. The van der Waals surface area contributed by atoms with E-state index in [2.05, 4.69) is 4.98 Å². The van der Waals surface area contributed by atoms with Crippen LogP contribution in [0.15, 0.2) is 30.5 Å². The van der Waals surface area contributed by atoms with E-state index in [1.54, 1.807) is 31.5 Å². The van der Waals surface area contributed by atoms with Crippen LogP contribution >= 0.6 is 0 Å². The normalized spacial score (nSPS) is 23.5. The summed E-state index contributed by atoms with van der Waals surface area (Å²) in [5.74, 6) is 0.885. The molecular formula is C21H25N3O4. The number of aromatic hydroxyl groups is 1. The third kappa shape index (κ3) is 3.16. The van der Waals surface area contributed by atoms with Crippen LogP contribution in [0, 0.1) is 0 Å². The van der Waals surface area contributed by atoms with Crippen LogP contribution in [0.5, 0.6) is 17.2 Å². The van der Waals surface area contributed by atoms with Gasteiger partial charge in [0.15, 0.2) is 11.5 Å². The summed E-state index contributed by atoms with van der Waals surface area (Å²) in [5.41, 5.74) is 7.91. The number of benzene rings is 1. The van der Waals surface area contributed by atoms with Crippen molar-refractivity contribution in [2.75, 3.05) is 14.2 Å². The number of nitrogens with zero attached hydrogens (tertiary/aromatic N) is 2. The van der Waals surface area contributed by atoms with Gasteiger partial charge in [-0.05, 0) is 43.4 Å². The van der Waals surface area contributed by atoms with Gasteiger partial charge in [0.25, 0.3) is 5.91 Å². The molecule has 0 saturated carbocycles. The molecule has 2 bridgehead atoms. The Morgan fingerprint density at radius 3 is 2.43 bits per heavy atom. The van der Waals surface area contributed by atoms with Crippen molar-refractivity contribution in [2.24, 2.45) is 5.73 Å². The van der Waals surface area contributed by atoms with Gasteiger partial charge in [0.05, 0.1) is 14.2 Å². The number of carbonyl (C=O) groups is 1. The van der Waals surface area contributed by atoms with Crippen LogP contribution in [0.3, 0.4) is 0 Å². The molecule has 2 aliphatic heterocycles. The van der Waals surface area contributed by atoms with E-state index >= 15 is 0 Å². The van der Waals surface area contributed by atoms with E-state index in [1.807, 2.05) is 11.0 Å². The van der Waals surface area contributed by atoms with E-state index in [0.29, 0.717) is 22.8 Å². The Bertz CT molecular complexity index is 887. The highest BCUT2D eigenvalue weighted by atomic mass is 16.5. The number of methoxy groups -OCH3 is 2. The van der Waals surface area contributed by atoms with E-state index in [-0.39, 0.29) is 29.8 Å². The van der Waals surface area contributed by atoms with E-state index in [9.17, 15) is 9.90 Å². The molecule has 0 aliphatic carbocycles. The Balaban J connectivity index is 1.64. The highest BCUT2D eigenvalue weighted by molar-refractivity contribution is 5.94. The van der Waals surface area contributed by atoms with Gasteiger partial charge < -0.3 is 25.2 Å². The average molecular weight is 383 g/mol. The molecule has 28 heavy (non-hydrogen) atoms. The van der Waals surface area contributed by atoms with Crippen molar-refractivity contribution < 1.29 is 19.4 Å². The predicted octanol–water partition coefficient (Wildman–Crippen LogP) is 2.57. The van der Waals surface area contributed by atoms with Gasteiger partial charge in [0, 0.05) is 36.0 Å². The minimum atomic E-state index is -0.0678. The first-order chi connectivity index (χ1) is 13.5. The van der Waals surface area contributed by atoms with Crippen molar-refractivity contribution in [3.63, 3.8) is 0 Å². The van der Waals surface area contributed by atoms with Crippen LogP contribution in [0.4, 0.5) is 0 Å². The molecule has 7 nitrogen and oxygen atoms in total. The third-order valence-corrected chi connectivity index (χ3v) is 5.80. The summed E-state index contributed by atoms with van der Waals surface area (Å²) in [4.78, 5) is 19.5. The molecule has 2 fully saturated rings. The fraction of sp³-hybridized carbons (Fsp3) is 0.429. The quantitative estimate of drug-likeness (QED) is 0.842. The number of pyridine rings is 1. The first kappa shape index (κ1) is 18.6. The Morgan fingerprint density at radius 1 is 1.14 bits per heavy atom. The smallest absolute Gasteiger partial charge is 0.273 e. The molecule has 2 aromatic rings. The van der Waals surface area contributed by atoms with Gasteiger partial charge in [-0.2, -0.15) is 0 Å². The Kier molecular flexibility index (Phi) is 4.85. The number of rotatable bonds is 4. The molecule has 0 radical (unpaired) electrons. The second-order valence-corrected chi connectivity index (χ2v) is 7.49. The molecule has 7 heteroatoms. The summed E-state index contributed by atoms with van der Waals surface area (Å²) in [5, 5.41) is 10.1. The Morgan fingerprint density at radius 2 is 1.82 bits per heavy atom. The number of aromatic nitrogens is 1. The van der Waals surface area contributed by atoms with Crippen LogP contribution < -0.4 is 15.2 Å². The number of hydrogen-bond donors (Lipinski definition) is 2. The van der Waals surface area contributed by atoms with Crippen molar-refractivity contribution in [1.82, 2.24) is 9.88 Å². The minimum Gasteiger partial charge on any atom is -0.504 e. The number of piperidine rings is 1. The lowest BCUT2D eigenvalue weighted by Crippen LogP contribution is -2.50. The number of hydrogen-bond acceptors (Lipinski definition) is 6. The molecule has 148 valence electrons. The van der Waals surface area contributed by atoms with E-state index in [1.165, 1.54) is 7.11 Å². The molecule has 2 atom stereocenters. The third-order valence-electron chi connectivity index (χ3n) is 5.80. The highest BCUT2D eigenvalue weighted by Crippen LogP contribution is 2.38. The number of amides is 1. The fourth-order valence-electron chi connectivity index (χ4n) is 4.48. The maximum absolute atomic E-state index is 13.1. The van der Waals surface area contributed by atoms with Crippen LogP contribution in [-0.2, 0) is 0 Å². The summed E-state index contributed by atoms with van der Waals surface area (Å²) in [7, 11) is 3.05. The van der Waals surface area contributed by atoms with Gasteiger partial charge in [0.2, 0.25) is 0 Å². The van der Waals surface area contributed by atoms with E-state index in [4.69, 9.17) is 15.2 Å². The summed E-state index contributed by atoms with van der Waals surface area (Å²) in [6.45, 7) is 0. The summed E-state index contributed by atoms with van der Waals surface area (Å²) >= 11 is 0. The molecule has 2 aliphatic rings. The molecule has 1 aromatic carbocycles. The zero-order valence-electron chi connectivity index (χ0n) is 16.1. The number of ether oxygens (including phenoxy) is 2. The van der Waals surface area contributed by atoms with Crippen molar-refractivity contribution in [1.29, 1.82) is 0 Å². The summed E-state index contributed by atoms with van der Waals surface area (Å²) in [6, 6.07) is 7.33. The maximum atomic E-state index is 13.1. The number of phenolic OH excluding ortho intramolecular Hbond substituents is 1. The van der Waals surface area contributed by atoms with E-state index < -0.39 is 0 Å². The molecule has 3 N–H and O–H groups in total. The molecule has 0 spiro atoms. The van der Waals surface area contributed by atoms with E-state index in [0.717, 1.165) is 31.2 Å². The van der Waals surface area contributed by atoms with Gasteiger partial charge in [-0.1, -0.05) is 6.07 Å². The predicted molar refractivity (Wildman–Crippen MR) is 105 cm³/mol. The molecule has 4 rings (SSSR count). The molecule has 2 unspecified atom stereocenters. The standard InChI is InChI=1S/C21H25N3O4/c1-27-19-6-3-12(7-18(19)25)16-11-23-17(10-20(16)28-2)21(26)24-14-4-5-15(24)9-13(22)8-14/h3,6-7,10-11,13-15,25H,4-5,8-9,22H2,1-2H3. The number of nitrogens with two attached hydrogens (primary N) is 1. The lowest BCUT2D eigenvalue weighted by atomic mass is 9.97. The minimum absolute atomic E-state index is 0.0310. The van der Waals surface area contributed by atoms with Gasteiger partial charge in [0.1, 0.15) is 11.4 Å². The first-order valence-corrected chi connectivity index (χ1v) is 9.51. The van der Waals surface area contributed by atoms with Crippen molar-refractivity contribution in [3.05, 3.63) is 36.2 Å². The van der Waals surface area contributed by atoms with Crippen molar-refractivity contribution >= 4 is 5.91 Å². The zero-order valence-corrected chi connectivity index (χ0v) is 16.1. The first-order valence-electron chi connectivity index (χ1n) is 9.51. The van der Waals surface area contributed by atoms with Gasteiger partial charge >= 0.3 is 0 Å². The van der Waals surface area contributed by atoms with Crippen LogP contribution in [0.2, 0.25) is 0 Å². The van der Waals surface area contributed by atoms with Gasteiger partial charge in [-0.15, -0.1) is 0 Å². The number of phenols is 1. The Hall–Kier alpha value is -2.80. The molecule has 1 amide bonds. The SMILES string of the molecule is COc1ccc(-c2cnc(C(=O)N3C4CCC3CC(N)C4)cc2OC)cc1O. The van der Waals surface area contributed by atoms with Crippen LogP contribution in [0.1, 0.15) is 36.2 Å². The van der Waals surface area contributed by atoms with Gasteiger partial charge in [-0.3, -0.25) is 9.78 Å².